The third-order valence-corrected chi connectivity index (χ3v) is 6.25. The zero-order valence-electron chi connectivity index (χ0n) is 19.3. The summed E-state index contributed by atoms with van der Waals surface area (Å²) in [6.45, 7) is 4.02. The van der Waals surface area contributed by atoms with Crippen molar-refractivity contribution in [3.05, 3.63) is 107 Å². The fourth-order valence-corrected chi connectivity index (χ4v) is 4.25. The molecule has 5 heteroatoms. The fraction of sp³-hybridized carbons (Fsp3) is 0.103. The molecule has 0 spiro atoms. The van der Waals surface area contributed by atoms with Crippen molar-refractivity contribution in [2.75, 3.05) is 17.3 Å². The minimum atomic E-state index is -0.384. The van der Waals surface area contributed by atoms with Crippen molar-refractivity contribution in [3.63, 3.8) is 0 Å². The van der Waals surface area contributed by atoms with Gasteiger partial charge in [0.15, 0.2) is 0 Å². The molecule has 1 heterocycles. The lowest BCUT2D eigenvalue weighted by molar-refractivity contribution is -0.120. The molecule has 0 unspecified atom stereocenters. The van der Waals surface area contributed by atoms with E-state index in [4.69, 9.17) is 4.74 Å². The summed E-state index contributed by atoms with van der Waals surface area (Å²) in [5.41, 5.74) is 4.76. The van der Waals surface area contributed by atoms with Crippen LogP contribution < -0.4 is 15.0 Å². The van der Waals surface area contributed by atoms with Gasteiger partial charge in [0.2, 0.25) is 0 Å². The van der Waals surface area contributed by atoms with E-state index in [0.717, 1.165) is 21.9 Å². The first-order valence-electron chi connectivity index (χ1n) is 11.1. The van der Waals surface area contributed by atoms with E-state index in [1.807, 2.05) is 98.8 Å². The highest BCUT2D eigenvalue weighted by Gasteiger charge is 2.41. The minimum Gasteiger partial charge on any atom is -0.497 e. The van der Waals surface area contributed by atoms with Crippen molar-refractivity contribution >= 4 is 39.5 Å². The molecule has 0 bridgehead atoms. The second kappa shape index (κ2) is 8.52. The van der Waals surface area contributed by atoms with Crippen molar-refractivity contribution in [1.82, 2.24) is 0 Å². The molecule has 0 aromatic heterocycles. The molecule has 0 saturated carbocycles. The molecule has 4 aromatic carbocycles. The number of rotatable bonds is 5. The monoisotopic (exact) mass is 448 g/mol. The van der Waals surface area contributed by atoms with E-state index in [9.17, 15) is 9.59 Å². The molecule has 0 aliphatic carbocycles. The molecule has 5 rings (SSSR count). The topological polar surface area (TPSA) is 58.6 Å². The molecule has 168 valence electrons. The summed E-state index contributed by atoms with van der Waals surface area (Å²) in [5, 5.41) is 5.02. The van der Waals surface area contributed by atoms with Crippen LogP contribution in [0.25, 0.3) is 16.3 Å². The molecule has 2 amide bonds. The van der Waals surface area contributed by atoms with Crippen molar-refractivity contribution in [2.24, 2.45) is 0 Å². The molecule has 0 saturated heterocycles. The second-order valence-corrected chi connectivity index (χ2v) is 8.35. The van der Waals surface area contributed by atoms with E-state index in [1.54, 1.807) is 7.11 Å². The Morgan fingerprint density at radius 1 is 0.765 bits per heavy atom. The second-order valence-electron chi connectivity index (χ2n) is 8.35. The lowest BCUT2D eigenvalue weighted by atomic mass is 9.99. The summed E-state index contributed by atoms with van der Waals surface area (Å²) < 4.78 is 5.24. The SMILES string of the molecule is COc1ccc(NC2=C(c3ccc(C)c(C)c3)C(=O)N(c3cccc4ccccc34)C2=O)cc1. The van der Waals surface area contributed by atoms with Gasteiger partial charge < -0.3 is 10.1 Å². The van der Waals surface area contributed by atoms with Crippen molar-refractivity contribution in [1.29, 1.82) is 0 Å². The standard InChI is InChI=1S/C29H24N2O3/c1-18-11-12-21(17-19(18)2)26-27(30-22-13-15-23(34-3)16-14-22)29(33)31(28(26)32)25-10-6-8-20-7-4-5-9-24(20)25/h4-17,30H,1-3H3. The summed E-state index contributed by atoms with van der Waals surface area (Å²) in [4.78, 5) is 28.9. The summed E-state index contributed by atoms with van der Waals surface area (Å²) in [6, 6.07) is 26.5. The molecule has 0 radical (unpaired) electrons. The number of ether oxygens (including phenoxy) is 1. The third kappa shape index (κ3) is 3.61. The number of aryl methyl sites for hydroxylation is 2. The Labute approximate surface area is 198 Å². The number of fused-ring (bicyclic) bond motifs is 1. The smallest absolute Gasteiger partial charge is 0.282 e. The van der Waals surface area contributed by atoms with Crippen molar-refractivity contribution in [3.8, 4) is 5.75 Å². The molecule has 0 atom stereocenters. The maximum absolute atomic E-state index is 13.8. The van der Waals surface area contributed by atoms with Gasteiger partial charge in [-0.2, -0.15) is 0 Å². The van der Waals surface area contributed by atoms with Gasteiger partial charge in [0.05, 0.1) is 18.4 Å². The van der Waals surface area contributed by atoms with Crippen LogP contribution in [0.5, 0.6) is 5.75 Å². The first-order chi connectivity index (χ1) is 16.5. The normalized spacial score (nSPS) is 13.7. The van der Waals surface area contributed by atoms with Gasteiger partial charge in [-0.05, 0) is 66.3 Å². The Hall–Kier alpha value is -4.38. The number of hydrogen-bond donors (Lipinski definition) is 1. The number of anilines is 2. The van der Waals surface area contributed by atoms with Gasteiger partial charge >= 0.3 is 0 Å². The number of benzene rings is 4. The van der Waals surface area contributed by atoms with Crippen LogP contribution in [-0.4, -0.2) is 18.9 Å². The summed E-state index contributed by atoms with van der Waals surface area (Å²) in [6.07, 6.45) is 0. The number of amides is 2. The molecule has 4 aromatic rings. The predicted molar refractivity (Wildman–Crippen MR) is 136 cm³/mol. The first-order valence-corrected chi connectivity index (χ1v) is 11.1. The van der Waals surface area contributed by atoms with Gasteiger partial charge in [-0.3, -0.25) is 9.59 Å². The fourth-order valence-electron chi connectivity index (χ4n) is 4.25. The largest absolute Gasteiger partial charge is 0.497 e. The maximum atomic E-state index is 13.8. The van der Waals surface area contributed by atoms with Crippen LogP contribution in [0, 0.1) is 13.8 Å². The zero-order valence-corrected chi connectivity index (χ0v) is 19.3. The van der Waals surface area contributed by atoms with E-state index in [2.05, 4.69) is 5.32 Å². The van der Waals surface area contributed by atoms with Crippen LogP contribution in [0.1, 0.15) is 16.7 Å². The third-order valence-electron chi connectivity index (χ3n) is 6.25. The zero-order chi connectivity index (χ0) is 23.8. The lowest BCUT2D eigenvalue weighted by Gasteiger charge is -2.18. The molecule has 5 nitrogen and oxygen atoms in total. The minimum absolute atomic E-state index is 0.256. The van der Waals surface area contributed by atoms with Gasteiger partial charge in [-0.1, -0.05) is 54.6 Å². The Morgan fingerprint density at radius 2 is 1.50 bits per heavy atom. The number of imide groups is 1. The molecular weight excluding hydrogens is 424 g/mol. The van der Waals surface area contributed by atoms with Crippen LogP contribution in [0.15, 0.2) is 90.6 Å². The van der Waals surface area contributed by atoms with Crippen LogP contribution >= 0.6 is 0 Å². The van der Waals surface area contributed by atoms with E-state index >= 15 is 0 Å². The Kier molecular flexibility index (Phi) is 5.38. The number of methoxy groups -OCH3 is 1. The van der Waals surface area contributed by atoms with Crippen LogP contribution in [0.3, 0.4) is 0 Å². The number of hydrogen-bond acceptors (Lipinski definition) is 4. The average Bonchev–Trinajstić information content (AvgIpc) is 3.10. The number of nitrogens with one attached hydrogen (secondary N) is 1. The summed E-state index contributed by atoms with van der Waals surface area (Å²) in [7, 11) is 1.60. The van der Waals surface area contributed by atoms with E-state index < -0.39 is 0 Å². The van der Waals surface area contributed by atoms with E-state index in [0.29, 0.717) is 28.3 Å². The quantitative estimate of drug-likeness (QED) is 0.389. The lowest BCUT2D eigenvalue weighted by Crippen LogP contribution is -2.32. The number of carbonyl (C=O) groups excluding carboxylic acids is 2. The highest BCUT2D eigenvalue weighted by Crippen LogP contribution is 2.37. The van der Waals surface area contributed by atoms with Gasteiger partial charge in [-0.15, -0.1) is 0 Å². The van der Waals surface area contributed by atoms with Crippen molar-refractivity contribution in [2.45, 2.75) is 13.8 Å². The van der Waals surface area contributed by atoms with Crippen LogP contribution in [0.4, 0.5) is 11.4 Å². The van der Waals surface area contributed by atoms with E-state index in [1.165, 1.54) is 4.90 Å². The number of carbonyl (C=O) groups is 2. The van der Waals surface area contributed by atoms with Gasteiger partial charge in [-0.25, -0.2) is 4.90 Å². The molecule has 1 N–H and O–H groups in total. The van der Waals surface area contributed by atoms with Crippen LogP contribution in [-0.2, 0) is 9.59 Å². The summed E-state index contributed by atoms with van der Waals surface area (Å²) >= 11 is 0. The Morgan fingerprint density at radius 3 is 2.24 bits per heavy atom. The van der Waals surface area contributed by atoms with Gasteiger partial charge in [0.1, 0.15) is 11.4 Å². The van der Waals surface area contributed by atoms with Crippen LogP contribution in [0.2, 0.25) is 0 Å². The molecule has 0 fully saturated rings. The van der Waals surface area contributed by atoms with Crippen molar-refractivity contribution < 1.29 is 14.3 Å². The maximum Gasteiger partial charge on any atom is 0.282 e. The molecule has 1 aliphatic heterocycles. The summed E-state index contributed by atoms with van der Waals surface area (Å²) in [5.74, 6) is -0.0221. The predicted octanol–water partition coefficient (Wildman–Crippen LogP) is 5.86. The average molecular weight is 449 g/mol. The Balaban J connectivity index is 1.65. The molecule has 34 heavy (non-hydrogen) atoms. The van der Waals surface area contributed by atoms with Gasteiger partial charge in [0, 0.05) is 11.1 Å². The Bertz CT molecular complexity index is 1460. The molecule has 1 aliphatic rings. The molecular formula is C29H24N2O3. The van der Waals surface area contributed by atoms with Gasteiger partial charge in [0.25, 0.3) is 11.8 Å². The highest BCUT2D eigenvalue weighted by molar-refractivity contribution is 6.47. The number of nitrogens with zero attached hydrogens (tertiary/aromatic N) is 1. The highest BCUT2D eigenvalue weighted by atomic mass is 16.5. The first kappa shape index (κ1) is 21.5. The van der Waals surface area contributed by atoms with E-state index in [-0.39, 0.29) is 17.5 Å².